The van der Waals surface area contributed by atoms with Crippen LogP contribution in [0.25, 0.3) is 5.76 Å². The van der Waals surface area contributed by atoms with Crippen LogP contribution in [0.2, 0.25) is 0 Å². The Morgan fingerprint density at radius 1 is 1.03 bits per heavy atom. The highest BCUT2D eigenvalue weighted by Gasteiger charge is 2.46. The number of carbonyl (C=O) groups is 2. The third-order valence-electron chi connectivity index (χ3n) is 6.14. The van der Waals surface area contributed by atoms with Gasteiger partial charge in [0.2, 0.25) is 0 Å². The highest BCUT2D eigenvalue weighted by atomic mass is 79.9. The summed E-state index contributed by atoms with van der Waals surface area (Å²) < 4.78 is 17.0. The van der Waals surface area contributed by atoms with Crippen LogP contribution in [0.5, 0.6) is 11.5 Å². The van der Waals surface area contributed by atoms with Gasteiger partial charge in [-0.25, -0.2) is 0 Å². The molecule has 2 aliphatic rings. The first kappa shape index (κ1) is 24.3. The average molecular weight is 531 g/mol. The number of aliphatic hydroxyl groups is 1. The number of ketones is 1. The molecule has 2 fully saturated rings. The second-order valence-corrected chi connectivity index (χ2v) is 8.98. The van der Waals surface area contributed by atoms with Crippen LogP contribution in [-0.2, 0) is 14.3 Å². The third-order valence-corrected chi connectivity index (χ3v) is 6.67. The molecule has 2 heterocycles. The predicted octanol–water partition coefficient (Wildman–Crippen LogP) is 3.22. The number of morpholine rings is 1. The zero-order valence-corrected chi connectivity index (χ0v) is 20.7. The van der Waals surface area contributed by atoms with Crippen molar-refractivity contribution in [1.29, 1.82) is 0 Å². The maximum atomic E-state index is 13.2. The lowest BCUT2D eigenvalue weighted by atomic mass is 9.95. The Balaban J connectivity index is 1.77. The SMILES string of the molecule is COc1ccc([C@@H]2/C(=C(\O)c3ccc(Br)cc3)C(=O)C(=O)N2CCN2CCOCC2)cc1OC. The van der Waals surface area contributed by atoms with Crippen molar-refractivity contribution in [2.24, 2.45) is 0 Å². The largest absolute Gasteiger partial charge is 0.507 e. The van der Waals surface area contributed by atoms with Crippen LogP contribution in [0.4, 0.5) is 0 Å². The zero-order chi connectivity index (χ0) is 24.2. The van der Waals surface area contributed by atoms with Crippen molar-refractivity contribution in [2.75, 3.05) is 53.6 Å². The van der Waals surface area contributed by atoms with Gasteiger partial charge in [-0.1, -0.05) is 34.1 Å². The first-order chi connectivity index (χ1) is 16.4. The van der Waals surface area contributed by atoms with Gasteiger partial charge in [-0.05, 0) is 29.8 Å². The van der Waals surface area contributed by atoms with Gasteiger partial charge in [-0.3, -0.25) is 14.5 Å². The van der Waals surface area contributed by atoms with Crippen LogP contribution in [0.15, 0.2) is 52.5 Å². The second kappa shape index (κ2) is 10.6. The van der Waals surface area contributed by atoms with Crippen LogP contribution in [-0.4, -0.2) is 80.2 Å². The molecular formula is C25H27BrN2O6. The van der Waals surface area contributed by atoms with Crippen molar-refractivity contribution in [2.45, 2.75) is 6.04 Å². The van der Waals surface area contributed by atoms with Gasteiger partial charge in [-0.2, -0.15) is 0 Å². The number of ether oxygens (including phenoxy) is 3. The van der Waals surface area contributed by atoms with Gasteiger partial charge in [0.05, 0.1) is 39.0 Å². The molecule has 1 N–H and O–H groups in total. The van der Waals surface area contributed by atoms with Gasteiger partial charge in [0.25, 0.3) is 11.7 Å². The van der Waals surface area contributed by atoms with Crippen molar-refractivity contribution < 1.29 is 28.9 Å². The number of carbonyl (C=O) groups excluding carboxylic acids is 2. The van der Waals surface area contributed by atoms with E-state index < -0.39 is 17.7 Å². The Hall–Kier alpha value is -2.88. The fourth-order valence-electron chi connectivity index (χ4n) is 4.32. The molecule has 0 unspecified atom stereocenters. The molecule has 2 aromatic carbocycles. The maximum Gasteiger partial charge on any atom is 0.295 e. The normalized spacial score (nSPS) is 20.6. The fraction of sp³-hybridized carbons (Fsp3) is 0.360. The van der Waals surface area contributed by atoms with Gasteiger partial charge in [0, 0.05) is 36.2 Å². The van der Waals surface area contributed by atoms with Crippen LogP contribution >= 0.6 is 15.9 Å². The number of hydrogen-bond acceptors (Lipinski definition) is 7. The molecule has 2 aliphatic heterocycles. The van der Waals surface area contributed by atoms with E-state index in [1.54, 1.807) is 49.6 Å². The fourth-order valence-corrected chi connectivity index (χ4v) is 4.58. The minimum atomic E-state index is -0.760. The minimum Gasteiger partial charge on any atom is -0.507 e. The summed E-state index contributed by atoms with van der Waals surface area (Å²) in [4.78, 5) is 30.1. The Bertz CT molecular complexity index is 1100. The van der Waals surface area contributed by atoms with E-state index in [4.69, 9.17) is 14.2 Å². The number of hydrogen-bond donors (Lipinski definition) is 1. The van der Waals surface area contributed by atoms with Gasteiger partial charge in [0.1, 0.15) is 5.76 Å². The lowest BCUT2D eigenvalue weighted by Crippen LogP contribution is -2.42. The smallest absolute Gasteiger partial charge is 0.295 e. The molecule has 8 nitrogen and oxygen atoms in total. The van der Waals surface area contributed by atoms with E-state index in [0.29, 0.717) is 48.9 Å². The van der Waals surface area contributed by atoms with E-state index in [-0.39, 0.29) is 11.3 Å². The van der Waals surface area contributed by atoms with Gasteiger partial charge >= 0.3 is 0 Å². The number of rotatable bonds is 7. The summed E-state index contributed by atoms with van der Waals surface area (Å²) in [6, 6.07) is 11.4. The highest BCUT2D eigenvalue weighted by molar-refractivity contribution is 9.10. The lowest BCUT2D eigenvalue weighted by molar-refractivity contribution is -0.140. The molecule has 9 heteroatoms. The minimum absolute atomic E-state index is 0.0570. The number of amides is 1. The summed E-state index contributed by atoms with van der Waals surface area (Å²) in [5.41, 5.74) is 1.17. The summed E-state index contributed by atoms with van der Waals surface area (Å²) in [7, 11) is 3.07. The van der Waals surface area contributed by atoms with E-state index >= 15 is 0 Å². The Kier molecular flexibility index (Phi) is 7.55. The van der Waals surface area contributed by atoms with Crippen molar-refractivity contribution in [3.8, 4) is 11.5 Å². The predicted molar refractivity (Wildman–Crippen MR) is 130 cm³/mol. The molecule has 4 rings (SSSR count). The Morgan fingerprint density at radius 2 is 1.71 bits per heavy atom. The molecular weight excluding hydrogens is 504 g/mol. The quantitative estimate of drug-likeness (QED) is 0.334. The number of halogens is 1. The van der Waals surface area contributed by atoms with Crippen molar-refractivity contribution in [3.63, 3.8) is 0 Å². The highest BCUT2D eigenvalue weighted by Crippen LogP contribution is 2.42. The van der Waals surface area contributed by atoms with Crippen LogP contribution in [0.3, 0.4) is 0 Å². The molecule has 0 aromatic heterocycles. The van der Waals surface area contributed by atoms with Crippen molar-refractivity contribution in [3.05, 3.63) is 63.6 Å². The van der Waals surface area contributed by atoms with E-state index in [9.17, 15) is 14.7 Å². The van der Waals surface area contributed by atoms with Crippen LogP contribution < -0.4 is 9.47 Å². The Morgan fingerprint density at radius 3 is 2.35 bits per heavy atom. The monoisotopic (exact) mass is 530 g/mol. The molecule has 0 radical (unpaired) electrons. The number of likely N-dealkylation sites (tertiary alicyclic amines) is 1. The van der Waals surface area contributed by atoms with Gasteiger partial charge in [0.15, 0.2) is 11.5 Å². The van der Waals surface area contributed by atoms with Crippen molar-refractivity contribution >= 4 is 33.4 Å². The molecule has 0 spiro atoms. The molecule has 0 aliphatic carbocycles. The molecule has 0 bridgehead atoms. The molecule has 2 saturated heterocycles. The van der Waals surface area contributed by atoms with Crippen molar-refractivity contribution in [1.82, 2.24) is 9.80 Å². The number of aliphatic hydroxyl groups excluding tert-OH is 1. The maximum absolute atomic E-state index is 13.2. The summed E-state index contributed by atoms with van der Waals surface area (Å²) in [5, 5.41) is 11.2. The topological polar surface area (TPSA) is 88.5 Å². The Labute approximate surface area is 206 Å². The summed E-state index contributed by atoms with van der Waals surface area (Å²) >= 11 is 3.38. The van der Waals surface area contributed by atoms with Gasteiger partial charge in [-0.15, -0.1) is 0 Å². The molecule has 0 saturated carbocycles. The zero-order valence-electron chi connectivity index (χ0n) is 19.1. The van der Waals surface area contributed by atoms with Crippen LogP contribution in [0.1, 0.15) is 17.2 Å². The van der Waals surface area contributed by atoms with E-state index in [2.05, 4.69) is 20.8 Å². The molecule has 1 atom stereocenters. The molecule has 2 aromatic rings. The molecule has 180 valence electrons. The van der Waals surface area contributed by atoms with Crippen LogP contribution in [0, 0.1) is 0 Å². The lowest BCUT2D eigenvalue weighted by Gasteiger charge is -2.31. The number of Topliss-reactive ketones (excluding diaryl/α,β-unsaturated/α-hetero) is 1. The third kappa shape index (κ3) is 4.82. The van der Waals surface area contributed by atoms with E-state index in [0.717, 1.165) is 17.6 Å². The summed E-state index contributed by atoms with van der Waals surface area (Å²) in [6.07, 6.45) is 0. The average Bonchev–Trinajstić information content (AvgIpc) is 3.12. The van der Waals surface area contributed by atoms with E-state index in [1.165, 1.54) is 12.0 Å². The number of benzene rings is 2. The standard InChI is InChI=1S/C25H27BrN2O6/c1-32-19-8-5-17(15-20(19)33-2)22-21(23(29)16-3-6-18(26)7-4-16)24(30)25(31)28(22)10-9-27-11-13-34-14-12-27/h3-8,15,22,29H,9-14H2,1-2H3/b23-21+/t22-/m1/s1. The number of nitrogens with zero attached hydrogens (tertiary/aromatic N) is 2. The second-order valence-electron chi connectivity index (χ2n) is 8.07. The molecule has 1 amide bonds. The summed E-state index contributed by atoms with van der Waals surface area (Å²) in [5.74, 6) is -0.541. The summed E-state index contributed by atoms with van der Waals surface area (Å²) in [6.45, 7) is 3.75. The first-order valence-corrected chi connectivity index (χ1v) is 11.8. The number of methoxy groups -OCH3 is 2. The molecule has 34 heavy (non-hydrogen) atoms. The van der Waals surface area contributed by atoms with Gasteiger partial charge < -0.3 is 24.2 Å². The first-order valence-electron chi connectivity index (χ1n) is 11.0. The van der Waals surface area contributed by atoms with E-state index in [1.807, 2.05) is 0 Å².